The number of nitrogens with one attached hydrogen (secondary N) is 1. The standard InChI is InChI=1S/C17H13F2NO3/c1-9-6-10(16(23)20-8-14(21)22)7-12-11-4-2-3-5-13(11)17(18,19)15(9)12/h2-7H,8H2,1H3,(H,20,23)(H,21,22). The molecular formula is C17H13F2NO3. The number of amides is 1. The topological polar surface area (TPSA) is 66.4 Å². The number of aryl methyl sites for hydroxylation is 1. The van der Waals surface area contributed by atoms with Gasteiger partial charge in [-0.2, -0.15) is 8.78 Å². The SMILES string of the molecule is Cc1cc(C(=O)NCC(=O)O)cc2c1C(F)(F)c1ccccc1-2. The van der Waals surface area contributed by atoms with E-state index >= 15 is 0 Å². The van der Waals surface area contributed by atoms with Crippen LogP contribution in [0.1, 0.15) is 27.0 Å². The van der Waals surface area contributed by atoms with Gasteiger partial charge in [-0.05, 0) is 35.7 Å². The smallest absolute Gasteiger partial charge is 0.322 e. The molecule has 0 aliphatic heterocycles. The molecule has 1 amide bonds. The van der Waals surface area contributed by atoms with Crippen LogP contribution in [-0.2, 0) is 10.7 Å². The zero-order chi connectivity index (χ0) is 16.8. The first-order chi connectivity index (χ1) is 10.8. The molecule has 0 spiro atoms. The molecule has 1 aliphatic rings. The van der Waals surface area contributed by atoms with Crippen LogP contribution >= 0.6 is 0 Å². The van der Waals surface area contributed by atoms with E-state index in [4.69, 9.17) is 5.11 Å². The number of aliphatic carboxylic acids is 1. The molecule has 4 nitrogen and oxygen atoms in total. The molecule has 6 heteroatoms. The molecule has 2 aromatic rings. The number of rotatable bonds is 3. The van der Waals surface area contributed by atoms with Crippen molar-refractivity contribution in [3.8, 4) is 11.1 Å². The Morgan fingerprint density at radius 3 is 2.57 bits per heavy atom. The maximum absolute atomic E-state index is 14.6. The molecule has 0 radical (unpaired) electrons. The number of carbonyl (C=O) groups is 2. The predicted octanol–water partition coefficient (Wildman–Crippen LogP) is 2.93. The van der Waals surface area contributed by atoms with Crippen LogP contribution in [0.15, 0.2) is 36.4 Å². The normalized spacial score (nSPS) is 14.0. The second kappa shape index (κ2) is 5.15. The van der Waals surface area contributed by atoms with Crippen molar-refractivity contribution in [2.75, 3.05) is 6.54 Å². The summed E-state index contributed by atoms with van der Waals surface area (Å²) in [4.78, 5) is 22.5. The molecule has 1 aliphatic carbocycles. The van der Waals surface area contributed by atoms with Crippen LogP contribution in [0, 0.1) is 6.92 Å². The summed E-state index contributed by atoms with van der Waals surface area (Å²) < 4.78 is 29.2. The second-order valence-electron chi connectivity index (χ2n) is 5.41. The van der Waals surface area contributed by atoms with E-state index in [1.165, 1.54) is 25.1 Å². The number of hydrogen-bond acceptors (Lipinski definition) is 2. The molecule has 2 N–H and O–H groups in total. The summed E-state index contributed by atoms with van der Waals surface area (Å²) >= 11 is 0. The molecule has 0 saturated heterocycles. The van der Waals surface area contributed by atoms with Crippen LogP contribution in [0.5, 0.6) is 0 Å². The molecule has 0 aromatic heterocycles. The molecule has 0 bridgehead atoms. The first kappa shape index (κ1) is 15.1. The van der Waals surface area contributed by atoms with Crippen molar-refractivity contribution < 1.29 is 23.5 Å². The second-order valence-corrected chi connectivity index (χ2v) is 5.41. The Morgan fingerprint density at radius 2 is 1.87 bits per heavy atom. The molecule has 0 saturated carbocycles. The van der Waals surface area contributed by atoms with E-state index in [1.807, 2.05) is 0 Å². The lowest BCUT2D eigenvalue weighted by Crippen LogP contribution is -2.29. The first-order valence-electron chi connectivity index (χ1n) is 6.95. The van der Waals surface area contributed by atoms with Crippen molar-refractivity contribution in [1.29, 1.82) is 0 Å². The van der Waals surface area contributed by atoms with E-state index in [0.29, 0.717) is 16.7 Å². The number of carboxylic acids is 1. The number of carbonyl (C=O) groups excluding carboxylic acids is 1. The van der Waals surface area contributed by atoms with Gasteiger partial charge in [-0.1, -0.05) is 24.3 Å². The van der Waals surface area contributed by atoms with Gasteiger partial charge in [-0.15, -0.1) is 0 Å². The summed E-state index contributed by atoms with van der Waals surface area (Å²) in [5, 5.41) is 10.8. The van der Waals surface area contributed by atoms with Crippen molar-refractivity contribution in [1.82, 2.24) is 5.32 Å². The molecular weight excluding hydrogens is 304 g/mol. The minimum atomic E-state index is -3.11. The van der Waals surface area contributed by atoms with Crippen molar-refractivity contribution >= 4 is 11.9 Å². The third-order valence-corrected chi connectivity index (χ3v) is 3.87. The van der Waals surface area contributed by atoms with Crippen molar-refractivity contribution in [3.63, 3.8) is 0 Å². The van der Waals surface area contributed by atoms with E-state index in [-0.39, 0.29) is 16.7 Å². The monoisotopic (exact) mass is 317 g/mol. The van der Waals surface area contributed by atoms with Gasteiger partial charge in [-0.3, -0.25) is 9.59 Å². The van der Waals surface area contributed by atoms with Gasteiger partial charge in [0, 0.05) is 16.7 Å². The van der Waals surface area contributed by atoms with E-state index in [2.05, 4.69) is 5.32 Å². The zero-order valence-electron chi connectivity index (χ0n) is 12.2. The lowest BCUT2D eigenvalue weighted by atomic mass is 9.97. The average Bonchev–Trinajstić information content (AvgIpc) is 2.74. The van der Waals surface area contributed by atoms with Crippen LogP contribution in [0.25, 0.3) is 11.1 Å². The van der Waals surface area contributed by atoms with E-state index in [1.54, 1.807) is 18.2 Å². The molecule has 0 fully saturated rings. The molecule has 0 heterocycles. The maximum atomic E-state index is 14.6. The molecule has 23 heavy (non-hydrogen) atoms. The number of benzene rings is 2. The Bertz CT molecular complexity index is 831. The number of hydrogen-bond donors (Lipinski definition) is 2. The summed E-state index contributed by atoms with van der Waals surface area (Å²) in [5.74, 6) is -4.88. The Morgan fingerprint density at radius 1 is 1.17 bits per heavy atom. The fraction of sp³-hybridized carbons (Fsp3) is 0.176. The Balaban J connectivity index is 2.10. The lowest BCUT2D eigenvalue weighted by Gasteiger charge is -2.15. The minimum Gasteiger partial charge on any atom is -0.480 e. The number of carboxylic acid groups (broad SMARTS) is 1. The van der Waals surface area contributed by atoms with Crippen molar-refractivity contribution in [2.24, 2.45) is 0 Å². The highest BCUT2D eigenvalue weighted by Crippen LogP contribution is 2.52. The van der Waals surface area contributed by atoms with Gasteiger partial charge in [0.15, 0.2) is 0 Å². The van der Waals surface area contributed by atoms with Crippen molar-refractivity contribution in [3.05, 3.63) is 58.7 Å². The van der Waals surface area contributed by atoms with Crippen LogP contribution in [0.4, 0.5) is 8.78 Å². The highest BCUT2D eigenvalue weighted by atomic mass is 19.3. The summed E-state index contributed by atoms with van der Waals surface area (Å²) in [5.41, 5.74) is 0.975. The van der Waals surface area contributed by atoms with Crippen molar-refractivity contribution in [2.45, 2.75) is 12.8 Å². The lowest BCUT2D eigenvalue weighted by molar-refractivity contribution is -0.135. The summed E-state index contributed by atoms with van der Waals surface area (Å²) in [6, 6.07) is 8.92. The quantitative estimate of drug-likeness (QED) is 0.915. The number of alkyl halides is 2. The highest BCUT2D eigenvalue weighted by Gasteiger charge is 2.45. The van der Waals surface area contributed by atoms with E-state index in [9.17, 15) is 18.4 Å². The fourth-order valence-electron chi connectivity index (χ4n) is 2.93. The number of halogens is 2. The molecule has 3 rings (SSSR count). The molecule has 0 atom stereocenters. The van der Waals surface area contributed by atoms with Gasteiger partial charge in [0.25, 0.3) is 11.8 Å². The van der Waals surface area contributed by atoms with Gasteiger partial charge >= 0.3 is 5.97 Å². The van der Waals surface area contributed by atoms with Crippen LogP contribution in [0.3, 0.4) is 0 Å². The van der Waals surface area contributed by atoms with Crippen LogP contribution < -0.4 is 5.32 Å². The first-order valence-corrected chi connectivity index (χ1v) is 6.95. The maximum Gasteiger partial charge on any atom is 0.322 e. The van der Waals surface area contributed by atoms with Gasteiger partial charge in [-0.25, -0.2) is 0 Å². The van der Waals surface area contributed by atoms with E-state index in [0.717, 1.165) is 0 Å². The predicted molar refractivity (Wildman–Crippen MR) is 79.6 cm³/mol. The molecule has 0 unspecified atom stereocenters. The van der Waals surface area contributed by atoms with Gasteiger partial charge < -0.3 is 10.4 Å². The Labute approximate surface area is 130 Å². The fourth-order valence-corrected chi connectivity index (χ4v) is 2.93. The van der Waals surface area contributed by atoms with Crippen LogP contribution in [0.2, 0.25) is 0 Å². The summed E-state index contributed by atoms with van der Waals surface area (Å²) in [6.07, 6.45) is 0. The van der Waals surface area contributed by atoms with Gasteiger partial charge in [0.05, 0.1) is 0 Å². The van der Waals surface area contributed by atoms with E-state index < -0.39 is 24.3 Å². The third kappa shape index (κ3) is 2.36. The minimum absolute atomic E-state index is 0.0822. The Kier molecular flexibility index (Phi) is 3.39. The average molecular weight is 317 g/mol. The molecule has 2 aromatic carbocycles. The highest BCUT2D eigenvalue weighted by molar-refractivity contribution is 5.98. The van der Waals surface area contributed by atoms with Crippen LogP contribution in [-0.4, -0.2) is 23.5 Å². The number of fused-ring (bicyclic) bond motifs is 3. The van der Waals surface area contributed by atoms with Gasteiger partial charge in [0.1, 0.15) is 6.54 Å². The Hall–Kier alpha value is -2.76. The zero-order valence-corrected chi connectivity index (χ0v) is 12.2. The largest absolute Gasteiger partial charge is 0.480 e. The van der Waals surface area contributed by atoms with Gasteiger partial charge in [0.2, 0.25) is 0 Å². The summed E-state index contributed by atoms with van der Waals surface area (Å²) in [7, 11) is 0. The third-order valence-electron chi connectivity index (χ3n) is 3.87. The molecule has 118 valence electrons. The summed E-state index contributed by atoms with van der Waals surface area (Å²) in [6.45, 7) is 0.994.